The molecule has 2 aliphatic rings. The summed E-state index contributed by atoms with van der Waals surface area (Å²) >= 11 is 0. The fourth-order valence-corrected chi connectivity index (χ4v) is 3.47. The molecule has 1 saturated carbocycles. The van der Waals surface area contributed by atoms with E-state index in [1.807, 2.05) is 37.3 Å². The van der Waals surface area contributed by atoms with Crippen LogP contribution in [0.15, 0.2) is 30.3 Å². The number of benzene rings is 1. The van der Waals surface area contributed by atoms with E-state index in [1.54, 1.807) is 4.90 Å². The van der Waals surface area contributed by atoms with E-state index >= 15 is 0 Å². The molecule has 5 heteroatoms. The summed E-state index contributed by atoms with van der Waals surface area (Å²) in [5.74, 6) is 0.518. The van der Waals surface area contributed by atoms with Crippen molar-refractivity contribution in [1.82, 2.24) is 10.2 Å². The summed E-state index contributed by atoms with van der Waals surface area (Å²) in [6, 6.07) is 9.26. The molecule has 0 bridgehead atoms. The molecule has 25 heavy (non-hydrogen) atoms. The van der Waals surface area contributed by atoms with Crippen LogP contribution >= 0.6 is 0 Å². The molecule has 1 N–H and O–H groups in total. The largest absolute Gasteiger partial charge is 0.375 e. The second-order valence-electron chi connectivity index (χ2n) is 7.22. The van der Waals surface area contributed by atoms with Crippen LogP contribution in [0.5, 0.6) is 0 Å². The summed E-state index contributed by atoms with van der Waals surface area (Å²) in [5.41, 5.74) is 1.11. The first kappa shape index (κ1) is 17.9. The van der Waals surface area contributed by atoms with Crippen molar-refractivity contribution in [3.63, 3.8) is 0 Å². The van der Waals surface area contributed by atoms with Crippen LogP contribution in [0.4, 0.5) is 0 Å². The summed E-state index contributed by atoms with van der Waals surface area (Å²) in [7, 11) is 0. The molecular weight excluding hydrogens is 316 g/mol. The summed E-state index contributed by atoms with van der Waals surface area (Å²) < 4.78 is 5.75. The predicted octanol–water partition coefficient (Wildman–Crippen LogP) is 2.35. The van der Waals surface area contributed by atoms with Gasteiger partial charge in [-0.15, -0.1) is 0 Å². The Labute approximate surface area is 149 Å². The molecule has 1 heterocycles. The smallest absolute Gasteiger partial charge is 0.246 e. The molecule has 0 spiro atoms. The van der Waals surface area contributed by atoms with Gasteiger partial charge in [0.25, 0.3) is 0 Å². The lowest BCUT2D eigenvalue weighted by Gasteiger charge is -2.41. The fourth-order valence-electron chi connectivity index (χ4n) is 3.47. The third-order valence-electron chi connectivity index (χ3n) is 5.32. The Hall–Kier alpha value is -1.88. The van der Waals surface area contributed by atoms with Gasteiger partial charge in [0.05, 0.1) is 13.2 Å². The van der Waals surface area contributed by atoms with Gasteiger partial charge >= 0.3 is 0 Å². The van der Waals surface area contributed by atoms with E-state index in [2.05, 4.69) is 12.2 Å². The Kier molecular flexibility index (Phi) is 5.74. The third kappa shape index (κ3) is 4.21. The monoisotopic (exact) mass is 344 g/mol. The van der Waals surface area contributed by atoms with Gasteiger partial charge in [-0.1, -0.05) is 50.6 Å². The van der Waals surface area contributed by atoms with Crippen molar-refractivity contribution in [2.45, 2.75) is 51.8 Å². The van der Waals surface area contributed by atoms with E-state index in [1.165, 1.54) is 0 Å². The van der Waals surface area contributed by atoms with E-state index in [4.69, 9.17) is 4.74 Å². The number of amides is 2. The molecule has 1 aromatic rings. The Morgan fingerprint density at radius 2 is 1.96 bits per heavy atom. The van der Waals surface area contributed by atoms with Crippen molar-refractivity contribution in [3.05, 3.63) is 35.9 Å². The lowest BCUT2D eigenvalue weighted by atomic mass is 9.92. The third-order valence-corrected chi connectivity index (χ3v) is 5.32. The first-order chi connectivity index (χ1) is 12.1. The van der Waals surface area contributed by atoms with Gasteiger partial charge < -0.3 is 15.0 Å². The molecule has 1 aliphatic carbocycles. The highest BCUT2D eigenvalue weighted by Gasteiger charge is 2.47. The molecule has 1 aliphatic heterocycles. The van der Waals surface area contributed by atoms with Gasteiger partial charge in [0, 0.05) is 6.54 Å². The van der Waals surface area contributed by atoms with Crippen LogP contribution in [0.3, 0.4) is 0 Å². The average Bonchev–Trinajstić information content (AvgIpc) is 3.46. The van der Waals surface area contributed by atoms with Crippen LogP contribution < -0.4 is 5.32 Å². The lowest BCUT2D eigenvalue weighted by molar-refractivity contribution is -0.153. The SMILES string of the molecule is CCC(C)C1C(=O)NC(C2CC2)C(=O)N1CCOCc1ccccc1. The number of carbonyl (C=O) groups is 2. The lowest BCUT2D eigenvalue weighted by Crippen LogP contribution is -2.66. The Bertz CT molecular complexity index is 600. The van der Waals surface area contributed by atoms with Crippen molar-refractivity contribution >= 4 is 11.8 Å². The molecule has 5 nitrogen and oxygen atoms in total. The molecule has 0 aromatic heterocycles. The van der Waals surface area contributed by atoms with Gasteiger partial charge in [0.15, 0.2) is 0 Å². The van der Waals surface area contributed by atoms with Crippen molar-refractivity contribution in [2.24, 2.45) is 11.8 Å². The van der Waals surface area contributed by atoms with E-state index in [0.29, 0.717) is 25.7 Å². The fraction of sp³-hybridized carbons (Fsp3) is 0.600. The summed E-state index contributed by atoms with van der Waals surface area (Å²) in [5, 5.41) is 2.97. The maximum Gasteiger partial charge on any atom is 0.246 e. The minimum atomic E-state index is -0.382. The predicted molar refractivity (Wildman–Crippen MR) is 95.7 cm³/mol. The van der Waals surface area contributed by atoms with Crippen LogP contribution in [0.25, 0.3) is 0 Å². The van der Waals surface area contributed by atoms with Crippen LogP contribution in [0.2, 0.25) is 0 Å². The number of hydrogen-bond acceptors (Lipinski definition) is 3. The number of hydrogen-bond donors (Lipinski definition) is 1. The number of rotatable bonds is 8. The highest BCUT2D eigenvalue weighted by molar-refractivity contribution is 5.97. The summed E-state index contributed by atoms with van der Waals surface area (Å²) in [4.78, 5) is 27.3. The molecule has 136 valence electrons. The normalized spacial score (nSPS) is 25.0. The topological polar surface area (TPSA) is 58.6 Å². The van der Waals surface area contributed by atoms with Crippen molar-refractivity contribution in [2.75, 3.05) is 13.2 Å². The van der Waals surface area contributed by atoms with Crippen molar-refractivity contribution < 1.29 is 14.3 Å². The standard InChI is InChI=1S/C20H28N2O3/c1-3-14(2)18-19(23)21-17(16-9-10-16)20(24)22(18)11-12-25-13-15-7-5-4-6-8-15/h4-8,14,16-18H,3,9-13H2,1-2H3,(H,21,23). The van der Waals surface area contributed by atoms with Gasteiger partial charge in [-0.3, -0.25) is 9.59 Å². The van der Waals surface area contributed by atoms with E-state index in [-0.39, 0.29) is 29.8 Å². The Balaban J connectivity index is 1.61. The van der Waals surface area contributed by atoms with Gasteiger partial charge in [-0.25, -0.2) is 0 Å². The van der Waals surface area contributed by atoms with E-state index in [9.17, 15) is 9.59 Å². The zero-order valence-electron chi connectivity index (χ0n) is 15.1. The van der Waals surface area contributed by atoms with Crippen LogP contribution in [-0.2, 0) is 20.9 Å². The second kappa shape index (κ2) is 8.00. The second-order valence-corrected chi connectivity index (χ2v) is 7.22. The molecule has 1 aromatic carbocycles. The summed E-state index contributed by atoms with van der Waals surface area (Å²) in [6.07, 6.45) is 2.92. The Morgan fingerprint density at radius 3 is 2.60 bits per heavy atom. The first-order valence-electron chi connectivity index (χ1n) is 9.34. The highest BCUT2D eigenvalue weighted by atomic mass is 16.5. The molecule has 2 fully saturated rings. The number of nitrogens with zero attached hydrogens (tertiary/aromatic N) is 1. The van der Waals surface area contributed by atoms with Crippen LogP contribution in [0.1, 0.15) is 38.7 Å². The Morgan fingerprint density at radius 1 is 1.24 bits per heavy atom. The summed E-state index contributed by atoms with van der Waals surface area (Å²) in [6.45, 7) is 5.52. The molecule has 3 atom stereocenters. The van der Waals surface area contributed by atoms with Crippen molar-refractivity contribution in [1.29, 1.82) is 0 Å². The minimum absolute atomic E-state index is 0.00564. The zero-order valence-corrected chi connectivity index (χ0v) is 15.1. The molecule has 0 radical (unpaired) electrons. The molecular formula is C20H28N2O3. The van der Waals surface area contributed by atoms with Gasteiger partial charge in [-0.2, -0.15) is 0 Å². The van der Waals surface area contributed by atoms with E-state index in [0.717, 1.165) is 24.8 Å². The molecule has 1 saturated heterocycles. The molecule has 2 amide bonds. The van der Waals surface area contributed by atoms with Gasteiger partial charge in [-0.05, 0) is 30.2 Å². The van der Waals surface area contributed by atoms with E-state index < -0.39 is 0 Å². The number of carbonyl (C=O) groups excluding carboxylic acids is 2. The van der Waals surface area contributed by atoms with Crippen molar-refractivity contribution in [3.8, 4) is 0 Å². The van der Waals surface area contributed by atoms with Crippen LogP contribution in [-0.4, -0.2) is 41.9 Å². The minimum Gasteiger partial charge on any atom is -0.375 e. The zero-order chi connectivity index (χ0) is 17.8. The highest BCUT2D eigenvalue weighted by Crippen LogP contribution is 2.35. The first-order valence-corrected chi connectivity index (χ1v) is 9.34. The molecule has 3 unspecified atom stereocenters. The maximum atomic E-state index is 12.9. The number of piperazine rings is 1. The van der Waals surface area contributed by atoms with Crippen LogP contribution in [0, 0.1) is 11.8 Å². The average molecular weight is 344 g/mol. The quantitative estimate of drug-likeness (QED) is 0.737. The maximum absolute atomic E-state index is 12.9. The van der Waals surface area contributed by atoms with Gasteiger partial charge in [0.2, 0.25) is 11.8 Å². The number of nitrogens with one attached hydrogen (secondary N) is 1. The molecule has 3 rings (SSSR count). The van der Waals surface area contributed by atoms with Gasteiger partial charge in [0.1, 0.15) is 12.1 Å². The number of ether oxygens (including phenoxy) is 1.